The minimum Gasteiger partial charge on any atom is -0.434 e. The van der Waals surface area contributed by atoms with Gasteiger partial charge in [-0.1, -0.05) is 61.5 Å². The van der Waals surface area contributed by atoms with Crippen molar-refractivity contribution in [3.8, 4) is 17.1 Å². The van der Waals surface area contributed by atoms with Crippen LogP contribution in [-0.4, -0.2) is 16.8 Å². The molecule has 2 aromatic carbocycles. The summed E-state index contributed by atoms with van der Waals surface area (Å²) in [6.07, 6.45) is 0. The predicted molar refractivity (Wildman–Crippen MR) is 97.2 cm³/mol. The Kier molecular flexibility index (Phi) is 6.13. The fourth-order valence-electron chi connectivity index (χ4n) is 2.88. The van der Waals surface area contributed by atoms with Gasteiger partial charge in [0.2, 0.25) is 11.7 Å². The van der Waals surface area contributed by atoms with Crippen molar-refractivity contribution in [2.24, 2.45) is 5.92 Å². The van der Waals surface area contributed by atoms with Crippen LogP contribution in [0, 0.1) is 5.92 Å². The topological polar surface area (TPSA) is 60.2 Å². The SMILES string of the molecule is CC(C)C(NCc1nc(-c2ccccc2OC(F)F)no1)c1ccccc1. The number of nitrogens with one attached hydrogen (secondary N) is 1. The molecule has 1 atom stereocenters. The molecule has 1 heterocycles. The molecule has 1 aromatic heterocycles. The number of rotatable bonds is 8. The molecule has 1 N–H and O–H groups in total. The first-order chi connectivity index (χ1) is 13.0. The summed E-state index contributed by atoms with van der Waals surface area (Å²) in [5.74, 6) is 0.953. The number of hydrogen-bond donors (Lipinski definition) is 1. The Morgan fingerprint density at radius 1 is 1.04 bits per heavy atom. The van der Waals surface area contributed by atoms with E-state index in [1.807, 2.05) is 18.2 Å². The Labute approximate surface area is 156 Å². The molecule has 3 rings (SSSR count). The molecule has 0 fully saturated rings. The Hall–Kier alpha value is -2.80. The fourth-order valence-corrected chi connectivity index (χ4v) is 2.88. The van der Waals surface area contributed by atoms with Gasteiger partial charge in [0.15, 0.2) is 0 Å². The molecule has 0 spiro atoms. The van der Waals surface area contributed by atoms with Crippen molar-refractivity contribution < 1.29 is 18.0 Å². The van der Waals surface area contributed by atoms with Crippen LogP contribution in [0.3, 0.4) is 0 Å². The van der Waals surface area contributed by atoms with Gasteiger partial charge in [0.05, 0.1) is 12.1 Å². The lowest BCUT2D eigenvalue weighted by atomic mass is 9.96. The molecule has 0 radical (unpaired) electrons. The Morgan fingerprint density at radius 3 is 2.44 bits per heavy atom. The largest absolute Gasteiger partial charge is 0.434 e. The molecule has 0 amide bonds. The monoisotopic (exact) mass is 373 g/mol. The molecule has 5 nitrogen and oxygen atoms in total. The van der Waals surface area contributed by atoms with Gasteiger partial charge in [-0.05, 0) is 23.6 Å². The smallest absolute Gasteiger partial charge is 0.387 e. The average molecular weight is 373 g/mol. The number of para-hydroxylation sites is 1. The van der Waals surface area contributed by atoms with Crippen LogP contribution in [0.4, 0.5) is 8.78 Å². The maximum absolute atomic E-state index is 12.6. The molecule has 0 aliphatic carbocycles. The van der Waals surface area contributed by atoms with Crippen LogP contribution >= 0.6 is 0 Å². The lowest BCUT2D eigenvalue weighted by Gasteiger charge is -2.22. The summed E-state index contributed by atoms with van der Waals surface area (Å²) in [4.78, 5) is 4.31. The highest BCUT2D eigenvalue weighted by Gasteiger charge is 2.18. The van der Waals surface area contributed by atoms with Gasteiger partial charge in [-0.3, -0.25) is 0 Å². The van der Waals surface area contributed by atoms with E-state index in [4.69, 9.17) is 4.52 Å². The summed E-state index contributed by atoms with van der Waals surface area (Å²) in [5, 5.41) is 7.31. The second kappa shape index (κ2) is 8.73. The summed E-state index contributed by atoms with van der Waals surface area (Å²) in [6.45, 7) is 1.70. The van der Waals surface area contributed by atoms with Gasteiger partial charge >= 0.3 is 6.61 Å². The minimum atomic E-state index is -2.92. The van der Waals surface area contributed by atoms with Crippen LogP contribution in [0.5, 0.6) is 5.75 Å². The molecule has 7 heteroatoms. The first kappa shape index (κ1) is 19.0. The molecule has 0 saturated carbocycles. The molecule has 0 aliphatic heterocycles. The van der Waals surface area contributed by atoms with Gasteiger partial charge in [0.25, 0.3) is 0 Å². The van der Waals surface area contributed by atoms with Gasteiger partial charge < -0.3 is 14.6 Å². The van der Waals surface area contributed by atoms with Crippen molar-refractivity contribution in [2.75, 3.05) is 0 Å². The molecule has 142 valence electrons. The van der Waals surface area contributed by atoms with Crippen LogP contribution in [0.25, 0.3) is 11.4 Å². The average Bonchev–Trinajstić information content (AvgIpc) is 3.11. The van der Waals surface area contributed by atoms with E-state index in [2.05, 4.69) is 46.2 Å². The summed E-state index contributed by atoms with van der Waals surface area (Å²) in [5.41, 5.74) is 1.53. The maximum Gasteiger partial charge on any atom is 0.387 e. The van der Waals surface area contributed by atoms with Gasteiger partial charge in [-0.15, -0.1) is 0 Å². The molecule has 0 bridgehead atoms. The van der Waals surface area contributed by atoms with E-state index in [0.717, 1.165) is 0 Å². The van der Waals surface area contributed by atoms with E-state index >= 15 is 0 Å². The first-order valence-corrected chi connectivity index (χ1v) is 8.69. The van der Waals surface area contributed by atoms with E-state index in [1.54, 1.807) is 18.2 Å². The molecule has 0 aliphatic rings. The quantitative estimate of drug-likeness (QED) is 0.613. The first-order valence-electron chi connectivity index (χ1n) is 8.69. The van der Waals surface area contributed by atoms with Crippen molar-refractivity contribution in [3.05, 3.63) is 66.1 Å². The van der Waals surface area contributed by atoms with E-state index in [9.17, 15) is 8.78 Å². The normalized spacial score (nSPS) is 12.5. The lowest BCUT2D eigenvalue weighted by molar-refractivity contribution is -0.0494. The molecule has 0 saturated heterocycles. The van der Waals surface area contributed by atoms with Crippen LogP contribution in [0.1, 0.15) is 31.3 Å². The second-order valence-corrected chi connectivity index (χ2v) is 6.40. The number of ether oxygens (including phenoxy) is 1. The zero-order valence-corrected chi connectivity index (χ0v) is 15.1. The summed E-state index contributed by atoms with van der Waals surface area (Å²) in [6, 6.07) is 16.6. The standard InChI is InChI=1S/C20H21F2N3O2/c1-13(2)18(14-8-4-3-5-9-14)23-12-17-24-19(25-27-17)15-10-6-7-11-16(15)26-20(21)22/h3-11,13,18,20,23H,12H2,1-2H3. The van der Waals surface area contributed by atoms with E-state index in [1.165, 1.54) is 11.6 Å². The van der Waals surface area contributed by atoms with Crippen molar-refractivity contribution in [3.63, 3.8) is 0 Å². The highest BCUT2D eigenvalue weighted by molar-refractivity contribution is 5.63. The van der Waals surface area contributed by atoms with Gasteiger partial charge in [-0.2, -0.15) is 13.8 Å². The lowest BCUT2D eigenvalue weighted by Crippen LogP contribution is -2.25. The van der Waals surface area contributed by atoms with Crippen molar-refractivity contribution in [1.82, 2.24) is 15.5 Å². The number of nitrogens with zero attached hydrogens (tertiary/aromatic N) is 2. The zero-order valence-electron chi connectivity index (χ0n) is 15.1. The number of halogens is 2. The summed E-state index contributed by atoms with van der Waals surface area (Å²) < 4.78 is 34.9. The summed E-state index contributed by atoms with van der Waals surface area (Å²) >= 11 is 0. The Balaban J connectivity index is 1.73. The van der Waals surface area contributed by atoms with Gasteiger partial charge in [-0.25, -0.2) is 0 Å². The van der Waals surface area contributed by atoms with Gasteiger partial charge in [0.1, 0.15) is 5.75 Å². The molecule has 27 heavy (non-hydrogen) atoms. The van der Waals surface area contributed by atoms with Crippen LogP contribution in [-0.2, 0) is 6.54 Å². The van der Waals surface area contributed by atoms with E-state index in [0.29, 0.717) is 23.9 Å². The fraction of sp³-hybridized carbons (Fsp3) is 0.300. The van der Waals surface area contributed by atoms with E-state index < -0.39 is 6.61 Å². The predicted octanol–water partition coefficient (Wildman–Crippen LogP) is 4.82. The Bertz CT molecular complexity index is 853. The molecule has 3 aromatic rings. The second-order valence-electron chi connectivity index (χ2n) is 6.40. The van der Waals surface area contributed by atoms with Gasteiger partial charge in [0, 0.05) is 6.04 Å². The Morgan fingerprint density at radius 2 is 1.74 bits per heavy atom. The molecular weight excluding hydrogens is 352 g/mol. The zero-order chi connectivity index (χ0) is 19.2. The van der Waals surface area contributed by atoms with Crippen molar-refractivity contribution in [1.29, 1.82) is 0 Å². The van der Waals surface area contributed by atoms with Crippen LogP contribution < -0.4 is 10.1 Å². The number of alkyl halides is 2. The van der Waals surface area contributed by atoms with Crippen LogP contribution in [0.15, 0.2) is 59.1 Å². The number of benzene rings is 2. The van der Waals surface area contributed by atoms with E-state index in [-0.39, 0.29) is 17.6 Å². The van der Waals surface area contributed by atoms with Crippen molar-refractivity contribution >= 4 is 0 Å². The minimum absolute atomic E-state index is 0.0113. The molecular formula is C20H21F2N3O2. The summed E-state index contributed by atoms with van der Waals surface area (Å²) in [7, 11) is 0. The highest BCUT2D eigenvalue weighted by Crippen LogP contribution is 2.29. The third-order valence-electron chi connectivity index (χ3n) is 4.11. The molecule has 1 unspecified atom stereocenters. The third-order valence-corrected chi connectivity index (χ3v) is 4.11. The van der Waals surface area contributed by atoms with Crippen LogP contribution in [0.2, 0.25) is 0 Å². The maximum atomic E-state index is 12.6. The number of aromatic nitrogens is 2. The highest BCUT2D eigenvalue weighted by atomic mass is 19.3. The van der Waals surface area contributed by atoms with Crippen molar-refractivity contribution in [2.45, 2.75) is 33.0 Å². The third kappa shape index (κ3) is 4.89. The number of hydrogen-bond acceptors (Lipinski definition) is 5.